The first-order valence-electron chi connectivity index (χ1n) is 7.75. The lowest BCUT2D eigenvalue weighted by atomic mass is 9.94. The fourth-order valence-electron chi connectivity index (χ4n) is 3.11. The molecule has 1 unspecified atom stereocenters. The molecule has 2 aromatic rings. The summed E-state index contributed by atoms with van der Waals surface area (Å²) >= 11 is 0. The number of hydrogen-bond donors (Lipinski definition) is 0. The van der Waals surface area contributed by atoms with Crippen molar-refractivity contribution in [2.24, 2.45) is 0 Å². The molecule has 0 radical (unpaired) electrons. The Morgan fingerprint density at radius 1 is 1.50 bits per heavy atom. The van der Waals surface area contributed by atoms with Crippen molar-refractivity contribution in [3.63, 3.8) is 0 Å². The number of carbonyl (C=O) groups is 1. The van der Waals surface area contributed by atoms with Gasteiger partial charge in [0.25, 0.3) is 0 Å². The molecular weight excluding hydrogens is 280 g/mol. The van der Waals surface area contributed by atoms with E-state index in [1.807, 2.05) is 22.4 Å². The number of hydrogen-bond acceptors (Lipinski definition) is 4. The van der Waals surface area contributed by atoms with E-state index in [0.29, 0.717) is 18.9 Å². The highest BCUT2D eigenvalue weighted by atomic mass is 16.5. The van der Waals surface area contributed by atoms with Gasteiger partial charge in [-0.15, -0.1) is 0 Å². The lowest BCUT2D eigenvalue weighted by Crippen LogP contribution is -2.39. The topological polar surface area (TPSA) is 59.7 Å². The van der Waals surface area contributed by atoms with E-state index in [2.05, 4.69) is 11.1 Å². The van der Waals surface area contributed by atoms with Crippen molar-refractivity contribution in [2.45, 2.75) is 32.1 Å². The van der Waals surface area contributed by atoms with Gasteiger partial charge in [0.05, 0.1) is 24.7 Å². The minimum absolute atomic E-state index is 0.175. The van der Waals surface area contributed by atoms with Crippen molar-refractivity contribution in [2.75, 3.05) is 26.8 Å². The number of fused-ring (bicyclic) bond motifs is 1. The van der Waals surface area contributed by atoms with Crippen LogP contribution >= 0.6 is 0 Å². The van der Waals surface area contributed by atoms with Gasteiger partial charge in [-0.05, 0) is 25.8 Å². The minimum Gasteiger partial charge on any atom is -0.384 e. The van der Waals surface area contributed by atoms with Crippen LogP contribution < -0.4 is 0 Å². The van der Waals surface area contributed by atoms with Crippen LogP contribution in [-0.2, 0) is 9.53 Å². The van der Waals surface area contributed by atoms with E-state index >= 15 is 0 Å². The molecule has 0 N–H and O–H groups in total. The molecule has 22 heavy (non-hydrogen) atoms. The van der Waals surface area contributed by atoms with Gasteiger partial charge in [0.1, 0.15) is 12.2 Å². The van der Waals surface area contributed by atoms with Crippen LogP contribution in [0.15, 0.2) is 18.6 Å². The Hall–Kier alpha value is -1.95. The molecule has 3 rings (SSSR count). The summed E-state index contributed by atoms with van der Waals surface area (Å²) in [5, 5.41) is 0. The first-order chi connectivity index (χ1) is 10.7. The van der Waals surface area contributed by atoms with Gasteiger partial charge in [-0.2, -0.15) is 0 Å². The molecule has 6 nitrogen and oxygen atoms in total. The zero-order valence-corrected chi connectivity index (χ0v) is 13.2. The first-order valence-corrected chi connectivity index (χ1v) is 7.75. The van der Waals surface area contributed by atoms with Crippen LogP contribution in [0.1, 0.15) is 36.7 Å². The molecule has 0 bridgehead atoms. The van der Waals surface area contributed by atoms with Gasteiger partial charge in [-0.1, -0.05) is 0 Å². The number of piperidine rings is 1. The van der Waals surface area contributed by atoms with Gasteiger partial charge in [-0.3, -0.25) is 9.20 Å². The highest BCUT2D eigenvalue weighted by Crippen LogP contribution is 2.27. The predicted molar refractivity (Wildman–Crippen MR) is 82.8 cm³/mol. The Labute approximate surface area is 130 Å². The van der Waals surface area contributed by atoms with Crippen molar-refractivity contribution in [1.29, 1.82) is 0 Å². The van der Waals surface area contributed by atoms with Crippen LogP contribution in [-0.4, -0.2) is 52.0 Å². The standard InChI is InChI=1S/C16H22N4O2/c1-12-18-15(8-14-9-17-11-20(12)14)13-4-3-6-19(10-13)16(21)5-7-22-2/h8-9,11,13H,3-7,10H2,1-2H3. The zero-order valence-electron chi connectivity index (χ0n) is 13.2. The van der Waals surface area contributed by atoms with Gasteiger partial charge in [0.15, 0.2) is 0 Å². The van der Waals surface area contributed by atoms with E-state index in [1.54, 1.807) is 13.4 Å². The zero-order chi connectivity index (χ0) is 15.5. The van der Waals surface area contributed by atoms with Crippen LogP contribution in [0.2, 0.25) is 0 Å². The maximum atomic E-state index is 12.2. The number of nitrogens with zero attached hydrogens (tertiary/aromatic N) is 4. The number of aromatic nitrogens is 3. The molecule has 0 saturated carbocycles. The maximum absolute atomic E-state index is 12.2. The summed E-state index contributed by atoms with van der Waals surface area (Å²) in [7, 11) is 1.62. The monoisotopic (exact) mass is 302 g/mol. The van der Waals surface area contributed by atoms with Gasteiger partial charge < -0.3 is 9.64 Å². The molecule has 1 saturated heterocycles. The highest BCUT2D eigenvalue weighted by Gasteiger charge is 2.25. The Morgan fingerprint density at radius 3 is 3.18 bits per heavy atom. The normalized spacial score (nSPS) is 18.8. The van der Waals surface area contributed by atoms with Crippen LogP contribution in [0.3, 0.4) is 0 Å². The molecule has 118 valence electrons. The molecule has 2 aromatic heterocycles. The minimum atomic E-state index is 0.175. The van der Waals surface area contributed by atoms with Crippen LogP contribution in [0.5, 0.6) is 0 Å². The Bertz CT molecular complexity index is 667. The van der Waals surface area contributed by atoms with Gasteiger partial charge >= 0.3 is 0 Å². The number of methoxy groups -OCH3 is 1. The molecule has 0 aliphatic carbocycles. The number of carbonyl (C=O) groups excluding carboxylic acids is 1. The van der Waals surface area contributed by atoms with Crippen LogP contribution in [0.4, 0.5) is 0 Å². The molecule has 1 aliphatic heterocycles. The maximum Gasteiger partial charge on any atom is 0.224 e. The van der Waals surface area contributed by atoms with E-state index in [1.165, 1.54) is 0 Å². The van der Waals surface area contributed by atoms with E-state index in [-0.39, 0.29) is 5.91 Å². The third-order valence-electron chi connectivity index (χ3n) is 4.31. The molecule has 0 spiro atoms. The summed E-state index contributed by atoms with van der Waals surface area (Å²) in [6.45, 7) is 4.06. The molecule has 1 aliphatic rings. The van der Waals surface area contributed by atoms with E-state index in [0.717, 1.165) is 43.0 Å². The summed E-state index contributed by atoms with van der Waals surface area (Å²) in [5.41, 5.74) is 2.13. The van der Waals surface area contributed by atoms with Crippen molar-refractivity contribution in [1.82, 2.24) is 19.3 Å². The lowest BCUT2D eigenvalue weighted by molar-refractivity contribution is -0.133. The quantitative estimate of drug-likeness (QED) is 0.864. The second kappa shape index (κ2) is 6.44. The summed E-state index contributed by atoms with van der Waals surface area (Å²) in [6, 6.07) is 2.09. The smallest absolute Gasteiger partial charge is 0.224 e. The molecule has 1 fully saturated rings. The molecule has 6 heteroatoms. The van der Waals surface area contributed by atoms with Gasteiger partial charge in [0, 0.05) is 31.8 Å². The number of aryl methyl sites for hydroxylation is 1. The molecule has 1 amide bonds. The summed E-state index contributed by atoms with van der Waals surface area (Å²) < 4.78 is 6.98. The molecule has 3 heterocycles. The average Bonchev–Trinajstić information content (AvgIpc) is 3.02. The van der Waals surface area contributed by atoms with Gasteiger partial charge in [-0.25, -0.2) is 9.97 Å². The van der Waals surface area contributed by atoms with E-state index in [9.17, 15) is 4.79 Å². The molecule has 0 aromatic carbocycles. The lowest BCUT2D eigenvalue weighted by Gasteiger charge is -2.32. The van der Waals surface area contributed by atoms with Crippen LogP contribution in [0.25, 0.3) is 5.52 Å². The Kier molecular flexibility index (Phi) is 4.38. The Morgan fingerprint density at radius 2 is 2.36 bits per heavy atom. The fourth-order valence-corrected chi connectivity index (χ4v) is 3.11. The SMILES string of the molecule is COCCC(=O)N1CCCC(c2cc3cncn3c(C)n2)C1. The van der Waals surface area contributed by atoms with Gasteiger partial charge in [0.2, 0.25) is 5.91 Å². The first kappa shape index (κ1) is 15.0. The molecular formula is C16H22N4O2. The fraction of sp³-hybridized carbons (Fsp3) is 0.562. The van der Waals surface area contributed by atoms with E-state index in [4.69, 9.17) is 9.72 Å². The average molecular weight is 302 g/mol. The summed E-state index contributed by atoms with van der Waals surface area (Å²) in [5.74, 6) is 1.42. The van der Waals surface area contributed by atoms with E-state index < -0.39 is 0 Å². The number of imidazole rings is 1. The number of likely N-dealkylation sites (tertiary alicyclic amines) is 1. The number of rotatable bonds is 4. The third-order valence-corrected chi connectivity index (χ3v) is 4.31. The van der Waals surface area contributed by atoms with Crippen molar-refractivity contribution < 1.29 is 9.53 Å². The van der Waals surface area contributed by atoms with Crippen molar-refractivity contribution in [3.8, 4) is 0 Å². The number of ether oxygens (including phenoxy) is 1. The summed E-state index contributed by atoms with van der Waals surface area (Å²) in [4.78, 5) is 23.0. The largest absolute Gasteiger partial charge is 0.384 e. The second-order valence-corrected chi connectivity index (χ2v) is 5.84. The molecule has 1 atom stereocenters. The van der Waals surface area contributed by atoms with Crippen molar-refractivity contribution >= 4 is 11.4 Å². The van der Waals surface area contributed by atoms with Crippen molar-refractivity contribution in [3.05, 3.63) is 30.1 Å². The number of amides is 1. The Balaban J connectivity index is 1.76. The summed E-state index contributed by atoms with van der Waals surface area (Å²) in [6.07, 6.45) is 6.18. The highest BCUT2D eigenvalue weighted by molar-refractivity contribution is 5.76. The predicted octanol–water partition coefficient (Wildman–Crippen LogP) is 1.78. The third kappa shape index (κ3) is 2.97. The van der Waals surface area contributed by atoms with Crippen LogP contribution in [0, 0.1) is 6.92 Å². The second-order valence-electron chi connectivity index (χ2n) is 5.84.